The standard InChI is InChI=1S/C25H41NO4/c1-17(2)13-19(5)29-24(27)15-23(25(28)30-20(6)14-18(3)4)16-26-21(7)22-11-9-8-10-12-22/h8-12,17-21,23,26H,13-16H2,1-7H3. The van der Waals surface area contributed by atoms with Crippen molar-refractivity contribution in [3.8, 4) is 0 Å². The zero-order valence-electron chi connectivity index (χ0n) is 19.8. The molecule has 1 aromatic carbocycles. The smallest absolute Gasteiger partial charge is 0.311 e. The highest BCUT2D eigenvalue weighted by Gasteiger charge is 2.27. The van der Waals surface area contributed by atoms with Gasteiger partial charge in [0.05, 0.1) is 24.5 Å². The molecular formula is C25H41NO4. The van der Waals surface area contributed by atoms with Crippen LogP contribution in [0.5, 0.6) is 0 Å². The third kappa shape index (κ3) is 10.8. The molecule has 30 heavy (non-hydrogen) atoms. The molecule has 0 aromatic heterocycles. The Balaban J connectivity index is 2.74. The Morgan fingerprint density at radius 3 is 1.90 bits per heavy atom. The molecule has 0 aliphatic heterocycles. The van der Waals surface area contributed by atoms with E-state index in [9.17, 15) is 9.59 Å². The van der Waals surface area contributed by atoms with Crippen LogP contribution < -0.4 is 5.32 Å². The van der Waals surface area contributed by atoms with E-state index in [1.165, 1.54) is 0 Å². The molecule has 0 heterocycles. The first-order valence-corrected chi connectivity index (χ1v) is 11.3. The lowest BCUT2D eigenvalue weighted by Gasteiger charge is -2.23. The summed E-state index contributed by atoms with van der Waals surface area (Å²) in [5, 5.41) is 3.38. The molecule has 1 rings (SSSR count). The fourth-order valence-electron chi connectivity index (χ4n) is 3.61. The van der Waals surface area contributed by atoms with Crippen molar-refractivity contribution in [2.45, 2.75) is 86.0 Å². The lowest BCUT2D eigenvalue weighted by atomic mass is 10.0. The molecule has 170 valence electrons. The second-order valence-corrected chi connectivity index (χ2v) is 9.25. The first kappa shape index (κ1) is 26.2. The van der Waals surface area contributed by atoms with Crippen LogP contribution >= 0.6 is 0 Å². The summed E-state index contributed by atoms with van der Waals surface area (Å²) >= 11 is 0. The van der Waals surface area contributed by atoms with Crippen molar-refractivity contribution in [1.82, 2.24) is 5.32 Å². The van der Waals surface area contributed by atoms with Crippen molar-refractivity contribution in [1.29, 1.82) is 0 Å². The van der Waals surface area contributed by atoms with Gasteiger partial charge in [-0.15, -0.1) is 0 Å². The van der Waals surface area contributed by atoms with Crippen LogP contribution in [-0.2, 0) is 19.1 Å². The molecule has 0 saturated heterocycles. The summed E-state index contributed by atoms with van der Waals surface area (Å²) in [6.45, 7) is 14.6. The topological polar surface area (TPSA) is 64.6 Å². The van der Waals surface area contributed by atoms with Crippen LogP contribution in [0.1, 0.15) is 79.3 Å². The fourth-order valence-corrected chi connectivity index (χ4v) is 3.61. The Kier molecular flexibility index (Phi) is 11.7. The minimum absolute atomic E-state index is 0.0180. The molecule has 0 amide bonds. The van der Waals surface area contributed by atoms with Gasteiger partial charge in [0.1, 0.15) is 0 Å². The zero-order chi connectivity index (χ0) is 22.7. The van der Waals surface area contributed by atoms with Crippen LogP contribution in [0, 0.1) is 17.8 Å². The van der Waals surface area contributed by atoms with Gasteiger partial charge in [-0.25, -0.2) is 0 Å². The van der Waals surface area contributed by atoms with Gasteiger partial charge in [-0.05, 0) is 51.0 Å². The van der Waals surface area contributed by atoms with Crippen LogP contribution in [-0.4, -0.2) is 30.7 Å². The molecule has 4 unspecified atom stereocenters. The average Bonchev–Trinajstić information content (AvgIpc) is 2.63. The predicted octanol–water partition coefficient (Wildman–Crippen LogP) is 5.30. The lowest BCUT2D eigenvalue weighted by molar-refractivity contribution is -0.160. The molecule has 0 spiro atoms. The molecule has 0 radical (unpaired) electrons. The summed E-state index contributed by atoms with van der Waals surface area (Å²) in [4.78, 5) is 25.3. The van der Waals surface area contributed by atoms with Gasteiger partial charge < -0.3 is 14.8 Å². The van der Waals surface area contributed by atoms with Crippen molar-refractivity contribution in [2.75, 3.05) is 6.54 Å². The van der Waals surface area contributed by atoms with E-state index < -0.39 is 5.92 Å². The highest BCUT2D eigenvalue weighted by atomic mass is 16.6. The Hall–Kier alpha value is -1.88. The second kappa shape index (κ2) is 13.4. The van der Waals surface area contributed by atoms with E-state index in [-0.39, 0.29) is 36.6 Å². The maximum absolute atomic E-state index is 12.8. The number of nitrogens with one attached hydrogen (secondary N) is 1. The zero-order valence-corrected chi connectivity index (χ0v) is 19.8. The Bertz CT molecular complexity index is 629. The summed E-state index contributed by atoms with van der Waals surface area (Å²) in [7, 11) is 0. The number of benzene rings is 1. The van der Waals surface area contributed by atoms with Crippen molar-refractivity contribution < 1.29 is 19.1 Å². The quantitative estimate of drug-likeness (QED) is 0.440. The number of rotatable bonds is 13. The number of hydrogen-bond donors (Lipinski definition) is 1. The van der Waals surface area contributed by atoms with E-state index in [4.69, 9.17) is 9.47 Å². The molecule has 0 bridgehead atoms. The van der Waals surface area contributed by atoms with Crippen molar-refractivity contribution in [2.24, 2.45) is 17.8 Å². The maximum Gasteiger partial charge on any atom is 0.311 e. The maximum atomic E-state index is 12.8. The van der Waals surface area contributed by atoms with Crippen LogP contribution in [0.25, 0.3) is 0 Å². The van der Waals surface area contributed by atoms with Crippen molar-refractivity contribution >= 4 is 11.9 Å². The minimum Gasteiger partial charge on any atom is -0.463 e. The molecule has 0 fully saturated rings. The van der Waals surface area contributed by atoms with Crippen LogP contribution in [0.3, 0.4) is 0 Å². The predicted molar refractivity (Wildman–Crippen MR) is 121 cm³/mol. The number of carbonyl (C=O) groups is 2. The van der Waals surface area contributed by atoms with Gasteiger partial charge in [0, 0.05) is 12.6 Å². The van der Waals surface area contributed by atoms with Gasteiger partial charge >= 0.3 is 11.9 Å². The number of esters is 2. The van der Waals surface area contributed by atoms with Crippen molar-refractivity contribution in [3.05, 3.63) is 35.9 Å². The van der Waals surface area contributed by atoms with Crippen LogP contribution in [0.2, 0.25) is 0 Å². The molecule has 1 N–H and O–H groups in total. The van der Waals surface area contributed by atoms with E-state index >= 15 is 0 Å². The SMILES string of the molecule is CC(C)CC(C)OC(=O)CC(CNC(C)c1ccccc1)C(=O)OC(C)CC(C)C. The van der Waals surface area contributed by atoms with E-state index in [2.05, 4.69) is 33.0 Å². The lowest BCUT2D eigenvalue weighted by Crippen LogP contribution is -2.35. The largest absolute Gasteiger partial charge is 0.463 e. The highest BCUT2D eigenvalue weighted by molar-refractivity contribution is 5.80. The van der Waals surface area contributed by atoms with Gasteiger partial charge in [0.15, 0.2) is 0 Å². The summed E-state index contributed by atoms with van der Waals surface area (Å²) in [5.74, 6) is -0.396. The Labute approximate surface area is 182 Å². The number of carbonyl (C=O) groups excluding carboxylic acids is 2. The highest BCUT2D eigenvalue weighted by Crippen LogP contribution is 2.17. The van der Waals surface area contributed by atoms with E-state index in [0.29, 0.717) is 18.4 Å². The normalized spacial score (nSPS) is 15.5. The molecule has 0 aliphatic carbocycles. The Morgan fingerprint density at radius 2 is 1.37 bits per heavy atom. The fraction of sp³-hybridized carbons (Fsp3) is 0.680. The third-order valence-electron chi connectivity index (χ3n) is 4.97. The molecule has 1 aromatic rings. The minimum atomic E-state index is -0.579. The molecule has 5 heteroatoms. The summed E-state index contributed by atoms with van der Waals surface area (Å²) in [6.07, 6.45) is 1.27. The summed E-state index contributed by atoms with van der Waals surface area (Å²) < 4.78 is 11.2. The molecule has 0 saturated carbocycles. The van der Waals surface area contributed by atoms with Crippen LogP contribution in [0.4, 0.5) is 0 Å². The van der Waals surface area contributed by atoms with Crippen LogP contribution in [0.15, 0.2) is 30.3 Å². The first-order valence-electron chi connectivity index (χ1n) is 11.3. The van der Waals surface area contributed by atoms with Gasteiger partial charge in [-0.2, -0.15) is 0 Å². The van der Waals surface area contributed by atoms with Crippen molar-refractivity contribution in [3.63, 3.8) is 0 Å². The van der Waals surface area contributed by atoms with E-state index in [1.807, 2.05) is 51.1 Å². The first-order chi connectivity index (χ1) is 14.1. The van der Waals surface area contributed by atoms with Gasteiger partial charge in [0.25, 0.3) is 0 Å². The third-order valence-corrected chi connectivity index (χ3v) is 4.97. The van der Waals surface area contributed by atoms with E-state index in [1.54, 1.807) is 0 Å². The van der Waals surface area contributed by atoms with Gasteiger partial charge in [-0.1, -0.05) is 58.0 Å². The average molecular weight is 420 g/mol. The number of hydrogen-bond acceptors (Lipinski definition) is 5. The number of ether oxygens (including phenoxy) is 2. The summed E-state index contributed by atoms with van der Waals surface area (Å²) in [6, 6.07) is 10.1. The van der Waals surface area contributed by atoms with E-state index in [0.717, 1.165) is 18.4 Å². The molecule has 0 aliphatic rings. The second-order valence-electron chi connectivity index (χ2n) is 9.25. The van der Waals surface area contributed by atoms with Gasteiger partial charge in [-0.3, -0.25) is 9.59 Å². The molecule has 4 atom stereocenters. The monoisotopic (exact) mass is 419 g/mol. The molecular weight excluding hydrogens is 378 g/mol. The summed E-state index contributed by atoms with van der Waals surface area (Å²) in [5.41, 5.74) is 1.13. The molecule has 5 nitrogen and oxygen atoms in total. The Morgan fingerprint density at radius 1 is 0.833 bits per heavy atom. The van der Waals surface area contributed by atoms with Gasteiger partial charge in [0.2, 0.25) is 0 Å².